The van der Waals surface area contributed by atoms with E-state index in [1.807, 2.05) is 0 Å². The van der Waals surface area contributed by atoms with Crippen LogP contribution in [0.25, 0.3) is 0 Å². The Morgan fingerprint density at radius 1 is 1.09 bits per heavy atom. The Morgan fingerprint density at radius 3 is 2.41 bits per heavy atom. The molecule has 22 heavy (non-hydrogen) atoms. The summed E-state index contributed by atoms with van der Waals surface area (Å²) in [4.78, 5) is 0.0601. The van der Waals surface area contributed by atoms with Crippen LogP contribution in [0.3, 0.4) is 0 Å². The molecule has 0 unspecified atom stereocenters. The van der Waals surface area contributed by atoms with Crippen molar-refractivity contribution in [2.75, 3.05) is 13.2 Å². The van der Waals surface area contributed by atoms with Crippen molar-refractivity contribution in [3.8, 4) is 5.75 Å². The van der Waals surface area contributed by atoms with E-state index in [-0.39, 0.29) is 23.8 Å². The molecular formula is C14H12ClF2NO3S. The van der Waals surface area contributed by atoms with E-state index in [2.05, 4.69) is 4.72 Å². The third-order valence-corrected chi connectivity index (χ3v) is 4.40. The van der Waals surface area contributed by atoms with E-state index in [9.17, 15) is 17.2 Å². The van der Waals surface area contributed by atoms with Gasteiger partial charge in [0, 0.05) is 17.6 Å². The van der Waals surface area contributed by atoms with Crippen molar-refractivity contribution in [2.45, 2.75) is 4.90 Å². The molecule has 0 aliphatic carbocycles. The molecule has 0 heterocycles. The van der Waals surface area contributed by atoms with Crippen LogP contribution in [-0.4, -0.2) is 21.6 Å². The number of nitrogens with one attached hydrogen (secondary N) is 1. The summed E-state index contributed by atoms with van der Waals surface area (Å²) < 4.78 is 57.2. The van der Waals surface area contributed by atoms with Crippen molar-refractivity contribution >= 4 is 21.6 Å². The van der Waals surface area contributed by atoms with Gasteiger partial charge in [-0.1, -0.05) is 11.6 Å². The van der Waals surface area contributed by atoms with Crippen molar-refractivity contribution in [3.05, 3.63) is 59.1 Å². The van der Waals surface area contributed by atoms with Crippen molar-refractivity contribution < 1.29 is 21.9 Å². The molecule has 2 rings (SSSR count). The molecule has 118 valence electrons. The summed E-state index contributed by atoms with van der Waals surface area (Å²) in [5, 5.41) is 0.425. The number of hydrogen-bond acceptors (Lipinski definition) is 3. The lowest BCUT2D eigenvalue weighted by Gasteiger charge is -2.09. The van der Waals surface area contributed by atoms with Gasteiger partial charge < -0.3 is 4.74 Å². The molecule has 0 aromatic heterocycles. The number of rotatable bonds is 6. The molecule has 0 aliphatic heterocycles. The van der Waals surface area contributed by atoms with Crippen LogP contribution in [0.15, 0.2) is 47.4 Å². The summed E-state index contributed by atoms with van der Waals surface area (Å²) in [5.41, 5.74) is 0. The quantitative estimate of drug-likeness (QED) is 0.817. The largest absolute Gasteiger partial charge is 0.489 e. The first-order chi connectivity index (χ1) is 10.4. The molecular weight excluding hydrogens is 336 g/mol. The zero-order valence-corrected chi connectivity index (χ0v) is 12.8. The third kappa shape index (κ3) is 4.40. The molecule has 0 bridgehead atoms. The van der Waals surface area contributed by atoms with Crippen LogP contribution in [0.4, 0.5) is 8.78 Å². The van der Waals surface area contributed by atoms with Gasteiger partial charge >= 0.3 is 0 Å². The van der Waals surface area contributed by atoms with E-state index in [1.165, 1.54) is 24.3 Å². The van der Waals surface area contributed by atoms with Crippen LogP contribution in [0, 0.1) is 11.6 Å². The normalized spacial score (nSPS) is 11.4. The fourth-order valence-electron chi connectivity index (χ4n) is 1.63. The third-order valence-electron chi connectivity index (χ3n) is 2.67. The van der Waals surface area contributed by atoms with Crippen molar-refractivity contribution in [2.24, 2.45) is 0 Å². The SMILES string of the molecule is O=S(=O)(NCCOc1ccc(F)cc1F)c1ccc(Cl)cc1. The molecule has 0 spiro atoms. The van der Waals surface area contributed by atoms with E-state index >= 15 is 0 Å². The van der Waals surface area contributed by atoms with Gasteiger partial charge in [-0.3, -0.25) is 0 Å². The van der Waals surface area contributed by atoms with E-state index in [1.54, 1.807) is 0 Å². The van der Waals surface area contributed by atoms with Crippen molar-refractivity contribution in [1.29, 1.82) is 0 Å². The van der Waals surface area contributed by atoms with Crippen LogP contribution < -0.4 is 9.46 Å². The lowest BCUT2D eigenvalue weighted by Crippen LogP contribution is -2.28. The average Bonchev–Trinajstić information content (AvgIpc) is 2.46. The Hall–Kier alpha value is -1.70. The predicted octanol–water partition coefficient (Wildman–Crippen LogP) is 2.98. The summed E-state index contributed by atoms with van der Waals surface area (Å²) in [6.07, 6.45) is 0. The van der Waals surface area contributed by atoms with Crippen LogP contribution in [0.2, 0.25) is 5.02 Å². The highest BCUT2D eigenvalue weighted by Crippen LogP contribution is 2.17. The van der Waals surface area contributed by atoms with E-state index in [0.717, 1.165) is 12.1 Å². The van der Waals surface area contributed by atoms with Crippen molar-refractivity contribution in [1.82, 2.24) is 4.72 Å². The van der Waals surface area contributed by atoms with Crippen LogP contribution >= 0.6 is 11.6 Å². The minimum atomic E-state index is -3.69. The number of sulfonamides is 1. The van der Waals surface area contributed by atoms with Gasteiger partial charge in [-0.25, -0.2) is 21.9 Å². The summed E-state index contributed by atoms with van der Waals surface area (Å²) in [6.45, 7) is -0.169. The number of hydrogen-bond donors (Lipinski definition) is 1. The van der Waals surface area contributed by atoms with Crippen LogP contribution in [0.5, 0.6) is 5.75 Å². The molecule has 0 amide bonds. The molecule has 4 nitrogen and oxygen atoms in total. The highest BCUT2D eigenvalue weighted by Gasteiger charge is 2.13. The maximum atomic E-state index is 13.3. The molecule has 0 radical (unpaired) electrons. The molecule has 2 aromatic carbocycles. The summed E-state index contributed by atoms with van der Waals surface area (Å²) in [5.74, 6) is -1.71. The highest BCUT2D eigenvalue weighted by atomic mass is 35.5. The minimum absolute atomic E-state index is 0.0601. The van der Waals surface area contributed by atoms with Crippen LogP contribution in [-0.2, 0) is 10.0 Å². The Morgan fingerprint density at radius 2 is 1.77 bits per heavy atom. The monoisotopic (exact) mass is 347 g/mol. The Labute approximate surface area is 131 Å². The van der Waals surface area contributed by atoms with E-state index in [0.29, 0.717) is 11.1 Å². The topological polar surface area (TPSA) is 55.4 Å². The van der Waals surface area contributed by atoms with Gasteiger partial charge in [0.1, 0.15) is 12.4 Å². The van der Waals surface area contributed by atoms with Gasteiger partial charge in [0.15, 0.2) is 11.6 Å². The van der Waals surface area contributed by atoms with E-state index in [4.69, 9.17) is 16.3 Å². The second-order valence-corrected chi connectivity index (χ2v) is 6.48. The zero-order chi connectivity index (χ0) is 16.2. The van der Waals surface area contributed by atoms with Gasteiger partial charge in [-0.05, 0) is 36.4 Å². The molecule has 1 N–H and O–H groups in total. The van der Waals surface area contributed by atoms with Gasteiger partial charge in [0.25, 0.3) is 0 Å². The molecule has 0 fully saturated rings. The second-order valence-electron chi connectivity index (χ2n) is 4.27. The molecule has 0 saturated heterocycles. The maximum Gasteiger partial charge on any atom is 0.240 e. The van der Waals surface area contributed by atoms with Crippen molar-refractivity contribution in [3.63, 3.8) is 0 Å². The Balaban J connectivity index is 1.89. The van der Waals surface area contributed by atoms with Gasteiger partial charge in [0.2, 0.25) is 10.0 Å². The molecule has 0 atom stereocenters. The molecule has 2 aromatic rings. The van der Waals surface area contributed by atoms with Crippen LogP contribution in [0.1, 0.15) is 0 Å². The zero-order valence-electron chi connectivity index (χ0n) is 11.2. The molecule has 0 aliphatic rings. The first-order valence-corrected chi connectivity index (χ1v) is 8.08. The first-order valence-electron chi connectivity index (χ1n) is 6.21. The second kappa shape index (κ2) is 7.04. The fraction of sp³-hybridized carbons (Fsp3) is 0.143. The number of benzene rings is 2. The first kappa shape index (κ1) is 16.7. The molecule has 8 heteroatoms. The Kier molecular flexibility index (Phi) is 5.33. The van der Waals surface area contributed by atoms with Gasteiger partial charge in [0.05, 0.1) is 4.90 Å². The smallest absolute Gasteiger partial charge is 0.240 e. The fourth-order valence-corrected chi connectivity index (χ4v) is 2.77. The summed E-state index contributed by atoms with van der Waals surface area (Å²) in [7, 11) is -3.69. The minimum Gasteiger partial charge on any atom is -0.489 e. The summed E-state index contributed by atoms with van der Waals surface area (Å²) in [6, 6.07) is 8.53. The maximum absolute atomic E-state index is 13.3. The lowest BCUT2D eigenvalue weighted by atomic mass is 10.3. The lowest BCUT2D eigenvalue weighted by molar-refractivity contribution is 0.305. The number of ether oxygens (including phenoxy) is 1. The van der Waals surface area contributed by atoms with Gasteiger partial charge in [-0.2, -0.15) is 0 Å². The number of halogens is 3. The Bertz CT molecular complexity index is 751. The predicted molar refractivity (Wildman–Crippen MR) is 78.5 cm³/mol. The van der Waals surface area contributed by atoms with Gasteiger partial charge in [-0.15, -0.1) is 0 Å². The van der Waals surface area contributed by atoms with E-state index < -0.39 is 21.7 Å². The summed E-state index contributed by atoms with van der Waals surface area (Å²) >= 11 is 5.68. The highest BCUT2D eigenvalue weighted by molar-refractivity contribution is 7.89. The average molecular weight is 348 g/mol. The molecule has 0 saturated carbocycles. The standard InChI is InChI=1S/C14H12ClF2NO3S/c15-10-1-4-12(5-2-10)22(19,20)18-7-8-21-14-6-3-11(16)9-13(14)17/h1-6,9,18H,7-8H2.